The van der Waals surface area contributed by atoms with Gasteiger partial charge >= 0.3 is 0 Å². The Balaban J connectivity index is 1.51. The summed E-state index contributed by atoms with van der Waals surface area (Å²) < 4.78 is 5.97. The predicted octanol–water partition coefficient (Wildman–Crippen LogP) is 2.85. The topological polar surface area (TPSA) is 58.6 Å². The van der Waals surface area contributed by atoms with Crippen LogP contribution in [0.3, 0.4) is 0 Å². The fourth-order valence-electron chi connectivity index (χ4n) is 3.24. The van der Waals surface area contributed by atoms with Crippen LogP contribution in [0, 0.1) is 11.8 Å². The summed E-state index contributed by atoms with van der Waals surface area (Å²) >= 11 is 0. The first-order valence-corrected chi connectivity index (χ1v) is 9.36. The molecule has 0 radical (unpaired) electrons. The van der Waals surface area contributed by atoms with Gasteiger partial charge in [0.05, 0.1) is 12.2 Å². The number of ether oxygens (including phenoxy) is 1. The molecule has 1 heterocycles. The van der Waals surface area contributed by atoms with Gasteiger partial charge < -0.3 is 15.0 Å². The molecule has 2 fully saturated rings. The van der Waals surface area contributed by atoms with Crippen LogP contribution in [0.1, 0.15) is 49.9 Å². The van der Waals surface area contributed by atoms with Gasteiger partial charge in [0.25, 0.3) is 5.91 Å². The molecule has 1 aliphatic heterocycles. The third kappa shape index (κ3) is 4.74. The molecular formula is C20H28N2O3. The minimum Gasteiger partial charge on any atom is -0.492 e. The van der Waals surface area contributed by atoms with Gasteiger partial charge in [-0.05, 0) is 57.6 Å². The number of nitrogens with zero attached hydrogens (tertiary/aromatic N) is 1. The van der Waals surface area contributed by atoms with Crippen molar-refractivity contribution < 1.29 is 14.3 Å². The van der Waals surface area contributed by atoms with E-state index in [1.807, 2.05) is 36.9 Å². The molecule has 0 unspecified atom stereocenters. The number of para-hydroxylation sites is 1. The summed E-state index contributed by atoms with van der Waals surface area (Å²) in [5.41, 5.74) is 0.581. The Bertz CT molecular complexity index is 617. The molecule has 1 saturated carbocycles. The summed E-state index contributed by atoms with van der Waals surface area (Å²) in [7, 11) is 0. The van der Waals surface area contributed by atoms with E-state index in [1.165, 1.54) is 0 Å². The number of amides is 2. The van der Waals surface area contributed by atoms with Gasteiger partial charge in [0, 0.05) is 25.0 Å². The van der Waals surface area contributed by atoms with E-state index in [-0.39, 0.29) is 11.9 Å². The minimum absolute atomic E-state index is 0.0916. The van der Waals surface area contributed by atoms with Gasteiger partial charge in [-0.3, -0.25) is 9.59 Å². The van der Waals surface area contributed by atoms with E-state index < -0.39 is 0 Å². The fraction of sp³-hybridized carbons (Fsp3) is 0.600. The van der Waals surface area contributed by atoms with Gasteiger partial charge in [-0.25, -0.2) is 0 Å². The van der Waals surface area contributed by atoms with Crippen LogP contribution in [0.25, 0.3) is 0 Å². The lowest BCUT2D eigenvalue weighted by Gasteiger charge is -2.32. The van der Waals surface area contributed by atoms with Crippen molar-refractivity contribution >= 4 is 11.8 Å². The highest BCUT2D eigenvalue weighted by Gasteiger charge is 2.35. The molecule has 2 aliphatic rings. The second kappa shape index (κ2) is 7.89. The largest absolute Gasteiger partial charge is 0.492 e. The molecule has 3 rings (SSSR count). The van der Waals surface area contributed by atoms with Gasteiger partial charge in [-0.15, -0.1) is 0 Å². The quantitative estimate of drug-likeness (QED) is 0.863. The highest BCUT2D eigenvalue weighted by atomic mass is 16.5. The van der Waals surface area contributed by atoms with E-state index in [0.29, 0.717) is 35.7 Å². The molecule has 1 aromatic carbocycles. The highest BCUT2D eigenvalue weighted by Crippen LogP contribution is 2.32. The second-order valence-corrected chi connectivity index (χ2v) is 7.48. The van der Waals surface area contributed by atoms with Crippen molar-refractivity contribution in [2.75, 3.05) is 19.7 Å². The SMILES string of the molecule is CC(C)NC(=O)c1ccccc1OCC1CCN(C(=O)C2CC2)CC1. The Morgan fingerprint density at radius 3 is 2.48 bits per heavy atom. The lowest BCUT2D eigenvalue weighted by atomic mass is 9.97. The molecule has 5 heteroatoms. The average Bonchev–Trinajstić information content (AvgIpc) is 3.44. The van der Waals surface area contributed by atoms with Crippen LogP contribution < -0.4 is 10.1 Å². The second-order valence-electron chi connectivity index (χ2n) is 7.48. The number of piperidine rings is 1. The number of rotatable bonds is 6. The van der Waals surface area contributed by atoms with Crippen LogP contribution in [-0.2, 0) is 4.79 Å². The smallest absolute Gasteiger partial charge is 0.255 e. The van der Waals surface area contributed by atoms with Crippen molar-refractivity contribution in [3.05, 3.63) is 29.8 Å². The Labute approximate surface area is 149 Å². The summed E-state index contributed by atoms with van der Waals surface area (Å²) in [6, 6.07) is 7.47. The molecule has 0 bridgehead atoms. The maximum Gasteiger partial charge on any atom is 0.255 e. The number of carbonyl (C=O) groups excluding carboxylic acids is 2. The molecule has 0 atom stereocenters. The van der Waals surface area contributed by atoms with E-state index in [9.17, 15) is 9.59 Å². The minimum atomic E-state index is -0.101. The molecule has 1 saturated heterocycles. The first-order valence-electron chi connectivity index (χ1n) is 9.36. The van der Waals surface area contributed by atoms with Crippen LogP contribution in [0.15, 0.2) is 24.3 Å². The third-order valence-corrected chi connectivity index (χ3v) is 4.88. The maximum absolute atomic E-state index is 12.3. The number of nitrogens with one attached hydrogen (secondary N) is 1. The van der Waals surface area contributed by atoms with Crippen molar-refractivity contribution in [2.45, 2.75) is 45.6 Å². The Hall–Kier alpha value is -2.04. The van der Waals surface area contributed by atoms with Crippen molar-refractivity contribution in [3.8, 4) is 5.75 Å². The van der Waals surface area contributed by atoms with Crippen molar-refractivity contribution in [3.63, 3.8) is 0 Å². The molecule has 1 aliphatic carbocycles. The van der Waals surface area contributed by atoms with Crippen LogP contribution in [-0.4, -0.2) is 42.5 Å². The number of benzene rings is 1. The highest BCUT2D eigenvalue weighted by molar-refractivity contribution is 5.97. The van der Waals surface area contributed by atoms with Crippen LogP contribution >= 0.6 is 0 Å². The third-order valence-electron chi connectivity index (χ3n) is 4.88. The standard InChI is InChI=1S/C20H28N2O3/c1-14(2)21-19(23)17-5-3-4-6-18(17)25-13-15-9-11-22(12-10-15)20(24)16-7-8-16/h3-6,14-16H,7-13H2,1-2H3,(H,21,23). The van der Waals surface area contributed by atoms with Crippen LogP contribution in [0.4, 0.5) is 0 Å². The number of hydrogen-bond acceptors (Lipinski definition) is 3. The molecule has 0 aromatic heterocycles. The zero-order valence-corrected chi connectivity index (χ0v) is 15.2. The van der Waals surface area contributed by atoms with E-state index in [4.69, 9.17) is 4.74 Å². The Kier molecular flexibility index (Phi) is 5.61. The first kappa shape index (κ1) is 17.8. The summed E-state index contributed by atoms with van der Waals surface area (Å²) in [5, 5.41) is 2.91. The zero-order chi connectivity index (χ0) is 17.8. The lowest BCUT2D eigenvalue weighted by molar-refractivity contribution is -0.134. The van der Waals surface area contributed by atoms with Gasteiger partial charge in [-0.1, -0.05) is 12.1 Å². The molecule has 136 valence electrons. The van der Waals surface area contributed by atoms with Crippen molar-refractivity contribution in [1.29, 1.82) is 0 Å². The van der Waals surface area contributed by atoms with Crippen molar-refractivity contribution in [1.82, 2.24) is 10.2 Å². The Morgan fingerprint density at radius 2 is 1.84 bits per heavy atom. The predicted molar refractivity (Wildman–Crippen MR) is 96.6 cm³/mol. The number of carbonyl (C=O) groups is 2. The molecule has 25 heavy (non-hydrogen) atoms. The van der Waals surface area contributed by atoms with Gasteiger partial charge in [0.1, 0.15) is 5.75 Å². The van der Waals surface area contributed by atoms with E-state index >= 15 is 0 Å². The summed E-state index contributed by atoms with van der Waals surface area (Å²) in [6.45, 7) is 6.14. The normalized spacial score (nSPS) is 18.3. The average molecular weight is 344 g/mol. The number of hydrogen-bond donors (Lipinski definition) is 1. The number of likely N-dealkylation sites (tertiary alicyclic amines) is 1. The van der Waals surface area contributed by atoms with Crippen molar-refractivity contribution in [2.24, 2.45) is 11.8 Å². The summed E-state index contributed by atoms with van der Waals surface area (Å²) in [5.74, 6) is 1.62. The monoisotopic (exact) mass is 344 g/mol. The van der Waals surface area contributed by atoms with Gasteiger partial charge in [0.2, 0.25) is 5.91 Å². The fourth-order valence-corrected chi connectivity index (χ4v) is 3.24. The van der Waals surface area contributed by atoms with E-state index in [0.717, 1.165) is 38.8 Å². The summed E-state index contributed by atoms with van der Waals surface area (Å²) in [4.78, 5) is 26.4. The summed E-state index contributed by atoms with van der Waals surface area (Å²) in [6.07, 6.45) is 4.08. The maximum atomic E-state index is 12.3. The van der Waals surface area contributed by atoms with Crippen LogP contribution in [0.2, 0.25) is 0 Å². The lowest BCUT2D eigenvalue weighted by Crippen LogP contribution is -2.40. The van der Waals surface area contributed by atoms with Gasteiger partial charge in [-0.2, -0.15) is 0 Å². The Morgan fingerprint density at radius 1 is 1.16 bits per heavy atom. The first-order chi connectivity index (χ1) is 12.0. The van der Waals surface area contributed by atoms with Gasteiger partial charge in [0.15, 0.2) is 0 Å². The van der Waals surface area contributed by atoms with Crippen LogP contribution in [0.5, 0.6) is 5.75 Å². The molecule has 2 amide bonds. The van der Waals surface area contributed by atoms with E-state index in [1.54, 1.807) is 6.07 Å². The molecule has 5 nitrogen and oxygen atoms in total. The zero-order valence-electron chi connectivity index (χ0n) is 15.2. The molecule has 1 N–H and O–H groups in total. The molecule has 1 aromatic rings. The molecular weight excluding hydrogens is 316 g/mol. The van der Waals surface area contributed by atoms with E-state index in [2.05, 4.69) is 5.32 Å². The molecule has 0 spiro atoms.